The van der Waals surface area contributed by atoms with Crippen molar-refractivity contribution < 1.29 is 14.6 Å². The molecular weight excluding hydrogens is 508 g/mol. The fraction of sp³-hybridized carbons (Fsp3) is 0. The molecule has 0 aliphatic carbocycles. The van der Waals surface area contributed by atoms with Crippen molar-refractivity contribution in [1.82, 2.24) is 9.13 Å². The van der Waals surface area contributed by atoms with E-state index in [1.807, 2.05) is 89.5 Å². The third kappa shape index (κ3) is 2.79. The van der Waals surface area contributed by atoms with Crippen molar-refractivity contribution >= 4 is 65.6 Å². The minimum absolute atomic E-state index is 0.159. The summed E-state index contributed by atoms with van der Waals surface area (Å²) in [6.45, 7) is 0. The van der Waals surface area contributed by atoms with Crippen LogP contribution in [0.3, 0.4) is 0 Å². The lowest BCUT2D eigenvalue weighted by Crippen LogP contribution is -1.95. The summed E-state index contributed by atoms with van der Waals surface area (Å²) in [5, 5.41) is 28.9. The zero-order chi connectivity index (χ0) is 27.2. The smallest absolute Gasteiger partial charge is 0.183 e. The highest BCUT2D eigenvalue weighted by Gasteiger charge is 2.29. The molecule has 0 saturated carbocycles. The number of nitrogens with zero attached hydrogens (tertiary/aromatic N) is 2. The van der Waals surface area contributed by atoms with Crippen molar-refractivity contribution in [3.63, 3.8) is 0 Å². The van der Waals surface area contributed by atoms with E-state index in [1.165, 1.54) is 0 Å². The number of hydrogen-bond donors (Lipinski definition) is 2. The third-order valence-corrected chi connectivity index (χ3v) is 8.30. The Morgan fingerprint density at radius 1 is 0.439 bits per heavy atom. The fourth-order valence-electron chi connectivity index (χ4n) is 6.65. The summed E-state index contributed by atoms with van der Waals surface area (Å²) in [7, 11) is 0. The van der Waals surface area contributed by atoms with E-state index in [1.54, 1.807) is 0 Å². The molecule has 0 fully saturated rings. The van der Waals surface area contributed by atoms with Gasteiger partial charge in [-0.25, -0.2) is 0 Å². The van der Waals surface area contributed by atoms with E-state index in [0.29, 0.717) is 16.5 Å². The number of para-hydroxylation sites is 4. The van der Waals surface area contributed by atoms with Gasteiger partial charge in [-0.3, -0.25) is 0 Å². The van der Waals surface area contributed by atoms with Gasteiger partial charge in [-0.1, -0.05) is 72.8 Å². The quantitative estimate of drug-likeness (QED) is 0.219. The summed E-state index contributed by atoms with van der Waals surface area (Å²) < 4.78 is 10.7. The highest BCUT2D eigenvalue weighted by molar-refractivity contribution is 6.33. The molecule has 0 saturated heterocycles. The van der Waals surface area contributed by atoms with Gasteiger partial charge in [-0.2, -0.15) is 0 Å². The first-order valence-electron chi connectivity index (χ1n) is 13.6. The molecule has 194 valence electrons. The Kier molecular flexibility index (Phi) is 4.29. The van der Waals surface area contributed by atoms with E-state index in [4.69, 9.17) is 4.42 Å². The summed E-state index contributed by atoms with van der Waals surface area (Å²) in [4.78, 5) is 0. The Morgan fingerprint density at radius 2 is 1.05 bits per heavy atom. The first-order valence-corrected chi connectivity index (χ1v) is 13.6. The predicted octanol–water partition coefficient (Wildman–Crippen LogP) is 9.19. The molecule has 0 spiro atoms. The van der Waals surface area contributed by atoms with Crippen molar-refractivity contribution in [2.45, 2.75) is 0 Å². The third-order valence-electron chi connectivity index (χ3n) is 8.30. The van der Waals surface area contributed by atoms with E-state index >= 15 is 0 Å². The number of aromatic nitrogens is 2. The van der Waals surface area contributed by atoms with Gasteiger partial charge < -0.3 is 23.8 Å². The van der Waals surface area contributed by atoms with Crippen LogP contribution in [0.2, 0.25) is 0 Å². The molecule has 3 heterocycles. The van der Waals surface area contributed by atoms with Gasteiger partial charge in [-0.05, 0) is 48.5 Å². The average molecular weight is 531 g/mol. The molecule has 9 aromatic rings. The second-order valence-corrected chi connectivity index (χ2v) is 10.4. The Hall–Kier alpha value is -5.68. The van der Waals surface area contributed by atoms with E-state index in [2.05, 4.69) is 41.0 Å². The van der Waals surface area contributed by atoms with E-state index < -0.39 is 0 Å². The van der Waals surface area contributed by atoms with Crippen LogP contribution >= 0.6 is 0 Å². The zero-order valence-electron chi connectivity index (χ0n) is 21.7. The predicted molar refractivity (Wildman–Crippen MR) is 166 cm³/mol. The highest BCUT2D eigenvalue weighted by Crippen LogP contribution is 2.52. The molecule has 5 nitrogen and oxygen atoms in total. The number of hydrogen-bond acceptors (Lipinski definition) is 3. The van der Waals surface area contributed by atoms with Crippen LogP contribution in [0, 0.1) is 0 Å². The SMILES string of the molecule is Oc1c(O)c2c(c3ccccc3n2-c2ccccc2)c2c1c1c3oc4ccccc4c3ccc1n2-c1ccccc1. The molecule has 0 bridgehead atoms. The average Bonchev–Trinajstić information content (AvgIpc) is 3.68. The van der Waals surface area contributed by atoms with Crippen LogP contribution in [-0.4, -0.2) is 19.3 Å². The topological polar surface area (TPSA) is 63.5 Å². The number of benzene rings is 6. The molecular formula is C36H22N2O3. The number of aromatic hydroxyl groups is 2. The Labute approximate surface area is 233 Å². The Balaban J connectivity index is 1.62. The van der Waals surface area contributed by atoms with Crippen LogP contribution in [0.1, 0.15) is 0 Å². The van der Waals surface area contributed by atoms with Crippen LogP contribution in [0.5, 0.6) is 11.5 Å². The summed E-state index contributed by atoms with van der Waals surface area (Å²) >= 11 is 0. The molecule has 0 unspecified atom stereocenters. The van der Waals surface area contributed by atoms with Crippen LogP contribution in [0.25, 0.3) is 76.9 Å². The van der Waals surface area contributed by atoms with Crippen molar-refractivity contribution in [2.24, 2.45) is 0 Å². The van der Waals surface area contributed by atoms with Gasteiger partial charge in [0.25, 0.3) is 0 Å². The first-order chi connectivity index (χ1) is 20.2. The Bertz CT molecular complexity index is 2480. The summed E-state index contributed by atoms with van der Waals surface area (Å²) in [6.07, 6.45) is 0. The van der Waals surface area contributed by atoms with Gasteiger partial charge in [0, 0.05) is 32.9 Å². The molecule has 0 aliphatic heterocycles. The van der Waals surface area contributed by atoms with E-state index in [9.17, 15) is 10.2 Å². The molecule has 0 radical (unpaired) electrons. The van der Waals surface area contributed by atoms with Gasteiger partial charge in [0.05, 0.1) is 27.3 Å². The summed E-state index contributed by atoms with van der Waals surface area (Å²) in [6, 6.07) is 40.4. The summed E-state index contributed by atoms with van der Waals surface area (Å²) in [5.41, 5.74) is 6.51. The minimum Gasteiger partial charge on any atom is -0.504 e. The minimum atomic E-state index is -0.167. The van der Waals surface area contributed by atoms with Gasteiger partial charge in [0.15, 0.2) is 11.5 Å². The van der Waals surface area contributed by atoms with Crippen molar-refractivity contribution in [3.05, 3.63) is 121 Å². The van der Waals surface area contributed by atoms with Crippen molar-refractivity contribution in [2.75, 3.05) is 0 Å². The second-order valence-electron chi connectivity index (χ2n) is 10.4. The lowest BCUT2D eigenvalue weighted by Gasteiger charge is -2.12. The lowest BCUT2D eigenvalue weighted by atomic mass is 10.0. The zero-order valence-corrected chi connectivity index (χ0v) is 21.7. The fourth-order valence-corrected chi connectivity index (χ4v) is 6.65. The Morgan fingerprint density at radius 3 is 1.78 bits per heavy atom. The molecule has 41 heavy (non-hydrogen) atoms. The monoisotopic (exact) mass is 530 g/mol. The maximum absolute atomic E-state index is 11.9. The molecule has 0 atom stereocenters. The van der Waals surface area contributed by atoms with E-state index in [-0.39, 0.29) is 11.5 Å². The van der Waals surface area contributed by atoms with Gasteiger partial charge in [-0.15, -0.1) is 0 Å². The number of rotatable bonds is 2. The second kappa shape index (κ2) is 7.93. The maximum atomic E-state index is 11.9. The molecule has 6 aromatic carbocycles. The number of fused-ring (bicyclic) bond motifs is 11. The van der Waals surface area contributed by atoms with Gasteiger partial charge in [0.2, 0.25) is 0 Å². The lowest BCUT2D eigenvalue weighted by molar-refractivity contribution is 0.411. The van der Waals surface area contributed by atoms with Crippen molar-refractivity contribution in [3.8, 4) is 22.9 Å². The molecule has 2 N–H and O–H groups in total. The first kappa shape index (κ1) is 22.2. The van der Waals surface area contributed by atoms with Crippen molar-refractivity contribution in [1.29, 1.82) is 0 Å². The van der Waals surface area contributed by atoms with Gasteiger partial charge >= 0.3 is 0 Å². The molecule has 0 amide bonds. The van der Waals surface area contributed by atoms with Crippen LogP contribution in [-0.2, 0) is 0 Å². The number of phenols is 2. The number of furan rings is 1. The molecule has 3 aromatic heterocycles. The van der Waals surface area contributed by atoms with Crippen LogP contribution < -0.4 is 0 Å². The summed E-state index contributed by atoms with van der Waals surface area (Å²) in [5.74, 6) is -0.326. The van der Waals surface area contributed by atoms with Crippen LogP contribution in [0.4, 0.5) is 0 Å². The standard InChI is InChI=1S/C36H22N2O3/c39-34-31-30-27(20-19-24-23-15-8-10-18-28(23)41-36(24)30)38(22-13-5-2-6-14-22)32(31)29-25-16-7-9-17-26(25)37(33(29)35(34)40)21-11-3-1-4-12-21/h1-20,39-40H. The molecule has 5 heteroatoms. The van der Waals surface area contributed by atoms with Crippen LogP contribution in [0.15, 0.2) is 126 Å². The normalized spacial score (nSPS) is 12.1. The highest BCUT2D eigenvalue weighted by atomic mass is 16.3. The largest absolute Gasteiger partial charge is 0.504 e. The maximum Gasteiger partial charge on any atom is 0.183 e. The van der Waals surface area contributed by atoms with E-state index in [0.717, 1.165) is 60.4 Å². The molecule has 0 aliphatic rings. The molecule has 9 rings (SSSR count). The van der Waals surface area contributed by atoms with Gasteiger partial charge in [0.1, 0.15) is 16.7 Å². The number of phenolic OH excluding ortho intramolecular Hbond substituents is 2.